The number of carbonyl (C=O) groups is 2. The summed E-state index contributed by atoms with van der Waals surface area (Å²) in [6.07, 6.45) is 2.37. The maximum Gasteiger partial charge on any atom is 0.406 e. The van der Waals surface area contributed by atoms with E-state index in [9.17, 15) is 22.8 Å². The number of carbonyl (C=O) groups excluding carboxylic acids is 2. The Kier molecular flexibility index (Phi) is 4.51. The van der Waals surface area contributed by atoms with Crippen LogP contribution in [-0.2, 0) is 9.59 Å². The van der Waals surface area contributed by atoms with Gasteiger partial charge in [-0.25, -0.2) is 4.98 Å². The summed E-state index contributed by atoms with van der Waals surface area (Å²) in [6.45, 7) is -0.357. The smallest absolute Gasteiger partial charge is 0.340 e. The number of hydrogen-bond acceptors (Lipinski definition) is 3. The number of imidazole rings is 1. The van der Waals surface area contributed by atoms with Gasteiger partial charge in [0, 0.05) is 38.4 Å². The largest absolute Gasteiger partial charge is 0.406 e. The third-order valence-corrected chi connectivity index (χ3v) is 4.59. The van der Waals surface area contributed by atoms with Crippen molar-refractivity contribution in [1.82, 2.24) is 19.4 Å². The fourth-order valence-electron chi connectivity index (χ4n) is 3.45. The normalized spacial score (nSPS) is 25.4. The summed E-state index contributed by atoms with van der Waals surface area (Å²) in [4.78, 5) is 30.8. The van der Waals surface area contributed by atoms with Gasteiger partial charge in [-0.3, -0.25) is 9.59 Å². The number of alkyl halides is 3. The van der Waals surface area contributed by atoms with Crippen molar-refractivity contribution in [3.05, 3.63) is 18.7 Å². The molecule has 2 saturated heterocycles. The molecule has 2 aliphatic rings. The highest BCUT2D eigenvalue weighted by molar-refractivity contribution is 5.89. The molecule has 1 aromatic heterocycles. The van der Waals surface area contributed by atoms with E-state index in [1.807, 2.05) is 10.8 Å². The first kappa shape index (κ1) is 16.8. The van der Waals surface area contributed by atoms with Crippen molar-refractivity contribution in [3.63, 3.8) is 0 Å². The molecule has 2 unspecified atom stereocenters. The Morgan fingerprint density at radius 1 is 1.33 bits per heavy atom. The molecule has 0 aliphatic carbocycles. The molecule has 132 valence electrons. The molecular formula is C15H19F3N4O2. The van der Waals surface area contributed by atoms with Crippen molar-refractivity contribution in [2.75, 3.05) is 26.2 Å². The second-order valence-electron chi connectivity index (χ2n) is 6.38. The lowest BCUT2D eigenvalue weighted by atomic mass is 10.0. The van der Waals surface area contributed by atoms with Crippen molar-refractivity contribution < 1.29 is 22.8 Å². The highest BCUT2D eigenvalue weighted by Crippen LogP contribution is 2.28. The molecular weight excluding hydrogens is 325 g/mol. The Balaban J connectivity index is 1.61. The minimum Gasteiger partial charge on any atom is -0.340 e. The lowest BCUT2D eigenvalue weighted by molar-refractivity contribution is -0.157. The summed E-state index contributed by atoms with van der Waals surface area (Å²) < 4.78 is 39.4. The lowest BCUT2D eigenvalue weighted by Gasteiger charge is -2.34. The minimum atomic E-state index is -4.44. The van der Waals surface area contributed by atoms with E-state index in [2.05, 4.69) is 4.98 Å². The van der Waals surface area contributed by atoms with Gasteiger partial charge in [0.2, 0.25) is 11.8 Å². The van der Waals surface area contributed by atoms with Crippen molar-refractivity contribution in [2.45, 2.75) is 31.5 Å². The van der Waals surface area contributed by atoms with E-state index in [1.165, 1.54) is 0 Å². The Morgan fingerprint density at radius 2 is 2.12 bits per heavy atom. The molecule has 2 aliphatic heterocycles. The Bertz CT molecular complexity index is 602. The van der Waals surface area contributed by atoms with Crippen molar-refractivity contribution >= 4 is 11.8 Å². The molecule has 2 atom stereocenters. The summed E-state index contributed by atoms with van der Waals surface area (Å²) >= 11 is 0. The zero-order valence-corrected chi connectivity index (χ0v) is 13.1. The quantitative estimate of drug-likeness (QED) is 0.834. The molecule has 0 bridgehead atoms. The van der Waals surface area contributed by atoms with E-state index >= 15 is 0 Å². The number of halogens is 3. The maximum absolute atomic E-state index is 12.6. The Morgan fingerprint density at radius 3 is 2.79 bits per heavy atom. The fourth-order valence-corrected chi connectivity index (χ4v) is 3.45. The van der Waals surface area contributed by atoms with Crippen molar-refractivity contribution in [2.24, 2.45) is 5.92 Å². The molecule has 0 radical (unpaired) electrons. The van der Waals surface area contributed by atoms with Gasteiger partial charge < -0.3 is 14.4 Å². The van der Waals surface area contributed by atoms with E-state index in [4.69, 9.17) is 0 Å². The zero-order valence-electron chi connectivity index (χ0n) is 13.1. The molecule has 3 heterocycles. The predicted molar refractivity (Wildman–Crippen MR) is 77.8 cm³/mol. The van der Waals surface area contributed by atoms with Gasteiger partial charge in [0.05, 0.1) is 18.3 Å². The first-order valence-electron chi connectivity index (χ1n) is 7.94. The average molecular weight is 344 g/mol. The second-order valence-corrected chi connectivity index (χ2v) is 6.38. The van der Waals surface area contributed by atoms with Crippen LogP contribution in [0.3, 0.4) is 0 Å². The number of likely N-dealkylation sites (tertiary alicyclic amines) is 2. The van der Waals surface area contributed by atoms with Gasteiger partial charge in [-0.1, -0.05) is 0 Å². The van der Waals surface area contributed by atoms with Crippen LogP contribution < -0.4 is 0 Å². The van der Waals surface area contributed by atoms with E-state index in [0.29, 0.717) is 13.1 Å². The van der Waals surface area contributed by atoms with Crippen LogP contribution in [0.5, 0.6) is 0 Å². The van der Waals surface area contributed by atoms with Gasteiger partial charge in [0.15, 0.2) is 0 Å². The van der Waals surface area contributed by atoms with Crippen LogP contribution in [0, 0.1) is 5.92 Å². The molecule has 24 heavy (non-hydrogen) atoms. The average Bonchev–Trinajstić information content (AvgIpc) is 3.16. The van der Waals surface area contributed by atoms with Crippen LogP contribution in [0.4, 0.5) is 13.2 Å². The van der Waals surface area contributed by atoms with Gasteiger partial charge in [0.25, 0.3) is 0 Å². The van der Waals surface area contributed by atoms with Crippen molar-refractivity contribution in [3.8, 4) is 0 Å². The molecule has 2 amide bonds. The van der Waals surface area contributed by atoms with E-state index in [0.717, 1.165) is 17.7 Å². The van der Waals surface area contributed by atoms with Gasteiger partial charge in [-0.05, 0) is 12.8 Å². The van der Waals surface area contributed by atoms with Crippen LogP contribution >= 0.6 is 0 Å². The molecule has 2 fully saturated rings. The molecule has 0 saturated carbocycles. The number of aromatic nitrogens is 2. The highest BCUT2D eigenvalue weighted by atomic mass is 19.4. The fraction of sp³-hybridized carbons (Fsp3) is 0.667. The highest BCUT2D eigenvalue weighted by Gasteiger charge is 2.42. The first-order chi connectivity index (χ1) is 11.3. The summed E-state index contributed by atoms with van der Waals surface area (Å²) in [5.41, 5.74) is 0. The number of hydrogen-bond donors (Lipinski definition) is 0. The molecule has 0 spiro atoms. The van der Waals surface area contributed by atoms with Crippen LogP contribution in [0.1, 0.15) is 25.3 Å². The number of nitrogens with zero attached hydrogens (tertiary/aromatic N) is 4. The number of amides is 2. The van der Waals surface area contributed by atoms with Crippen LogP contribution in [-0.4, -0.2) is 63.5 Å². The summed E-state index contributed by atoms with van der Waals surface area (Å²) in [7, 11) is 0. The van der Waals surface area contributed by atoms with Crippen molar-refractivity contribution in [1.29, 1.82) is 0 Å². The number of piperidine rings is 1. The van der Waals surface area contributed by atoms with Gasteiger partial charge >= 0.3 is 6.18 Å². The third-order valence-electron chi connectivity index (χ3n) is 4.59. The van der Waals surface area contributed by atoms with Crippen LogP contribution in [0.2, 0.25) is 0 Å². The second kappa shape index (κ2) is 6.45. The molecule has 1 aromatic rings. The lowest BCUT2D eigenvalue weighted by Crippen LogP contribution is -2.44. The maximum atomic E-state index is 12.6. The first-order valence-corrected chi connectivity index (χ1v) is 7.94. The topological polar surface area (TPSA) is 58.4 Å². The monoisotopic (exact) mass is 344 g/mol. The van der Waals surface area contributed by atoms with Crippen LogP contribution in [0.25, 0.3) is 0 Å². The van der Waals surface area contributed by atoms with E-state index in [-0.39, 0.29) is 24.9 Å². The molecule has 0 N–H and O–H groups in total. The summed E-state index contributed by atoms with van der Waals surface area (Å²) in [5, 5.41) is 0. The Labute approximate surface area is 137 Å². The van der Waals surface area contributed by atoms with Gasteiger partial charge in [-0.2, -0.15) is 13.2 Å². The Hall–Kier alpha value is -2.06. The third kappa shape index (κ3) is 3.70. The standard InChI is InChI=1S/C15H19F3N4O2/c16-15(17,18)9-22-7-11(6-13(22)23)14(24)20-4-1-2-12(8-20)21-5-3-19-10-21/h3,5,10-12H,1-2,4,6-9H2. The predicted octanol–water partition coefficient (Wildman–Crippen LogP) is 1.46. The summed E-state index contributed by atoms with van der Waals surface area (Å²) in [5.74, 6) is -1.51. The van der Waals surface area contributed by atoms with Crippen LogP contribution in [0.15, 0.2) is 18.7 Å². The SMILES string of the molecule is O=C1CC(C(=O)N2CCCC(n3ccnc3)C2)CN1CC(F)(F)F. The summed E-state index contributed by atoms with van der Waals surface area (Å²) in [6, 6.07) is 0.119. The van der Waals surface area contributed by atoms with E-state index in [1.54, 1.807) is 17.4 Å². The zero-order chi connectivity index (χ0) is 17.3. The minimum absolute atomic E-state index is 0.119. The number of rotatable bonds is 3. The van der Waals surface area contributed by atoms with Gasteiger partial charge in [0.1, 0.15) is 6.54 Å². The van der Waals surface area contributed by atoms with Gasteiger partial charge in [-0.15, -0.1) is 0 Å². The molecule has 6 nitrogen and oxygen atoms in total. The molecule has 9 heteroatoms. The van der Waals surface area contributed by atoms with E-state index < -0.39 is 24.5 Å². The molecule has 0 aromatic carbocycles. The molecule has 3 rings (SSSR count).